The van der Waals surface area contributed by atoms with Crippen LogP contribution in [-0.2, 0) is 34.3 Å². The largest absolute Gasteiger partial charge is 0.484 e. The van der Waals surface area contributed by atoms with E-state index in [4.69, 9.17) is 38.4 Å². The Bertz CT molecular complexity index is 1680. The van der Waals surface area contributed by atoms with Crippen LogP contribution in [0.15, 0.2) is 47.5 Å². The van der Waals surface area contributed by atoms with E-state index in [2.05, 4.69) is 25.3 Å². The van der Waals surface area contributed by atoms with Gasteiger partial charge in [-0.15, -0.1) is 5.10 Å². The third kappa shape index (κ3) is 10.3. The Morgan fingerprint density at radius 2 is 1.86 bits per heavy atom. The summed E-state index contributed by atoms with van der Waals surface area (Å²) in [5.41, 5.74) is 7.64. The monoisotopic (exact) mass is 735 g/mol. The normalized spacial score (nSPS) is 19.8. The first kappa shape index (κ1) is 37.3. The van der Waals surface area contributed by atoms with Crippen molar-refractivity contribution in [2.45, 2.75) is 107 Å². The van der Waals surface area contributed by atoms with Gasteiger partial charge in [0.1, 0.15) is 17.5 Å². The number of likely N-dealkylation sites (tertiary alicyclic amines) is 1. The first-order valence-corrected chi connectivity index (χ1v) is 19.1. The average molecular weight is 737 g/mol. The van der Waals surface area contributed by atoms with Gasteiger partial charge in [-0.3, -0.25) is 9.58 Å². The number of nitrogens with two attached hydrogens (primary N) is 1. The number of nitrogens with zero attached hydrogens (tertiary/aromatic N) is 4. The van der Waals surface area contributed by atoms with Gasteiger partial charge in [0.2, 0.25) is 10.0 Å². The van der Waals surface area contributed by atoms with Gasteiger partial charge in [-0.05, 0) is 101 Å². The Labute approximate surface area is 299 Å². The van der Waals surface area contributed by atoms with Crippen LogP contribution < -0.4 is 20.5 Å². The van der Waals surface area contributed by atoms with Crippen LogP contribution in [0, 0.1) is 0 Å². The predicted octanol–water partition coefficient (Wildman–Crippen LogP) is 5.62. The summed E-state index contributed by atoms with van der Waals surface area (Å²) in [6.07, 6.45) is 6.90. The number of carbonyl (C=O) groups is 1. The molecule has 1 saturated heterocycles. The molecule has 1 aliphatic heterocycles. The number of aromatic nitrogens is 3. The van der Waals surface area contributed by atoms with Gasteiger partial charge < -0.3 is 20.5 Å². The zero-order valence-corrected chi connectivity index (χ0v) is 30.7. The number of piperidine rings is 1. The van der Waals surface area contributed by atoms with Crippen LogP contribution in [0.25, 0.3) is 0 Å². The molecule has 3 atom stereocenters. The van der Waals surface area contributed by atoms with Gasteiger partial charge in [-0.2, -0.15) is 0 Å². The van der Waals surface area contributed by atoms with Crippen molar-refractivity contribution in [1.29, 1.82) is 0 Å². The Morgan fingerprint density at radius 3 is 2.57 bits per heavy atom. The molecule has 268 valence electrons. The highest BCUT2D eigenvalue weighted by Crippen LogP contribution is 2.43. The van der Waals surface area contributed by atoms with E-state index in [1.54, 1.807) is 35.0 Å². The van der Waals surface area contributed by atoms with Crippen molar-refractivity contribution in [1.82, 2.24) is 29.9 Å². The number of nitrogens with one attached hydrogen (secondary N) is 2. The molecule has 0 radical (unpaired) electrons. The van der Waals surface area contributed by atoms with Crippen LogP contribution in [0.2, 0.25) is 10.0 Å². The fraction of sp³-hybridized carbons (Fsp3) is 0.559. The second-order valence-corrected chi connectivity index (χ2v) is 16.3. The highest BCUT2D eigenvalue weighted by Gasteiger charge is 2.41. The van der Waals surface area contributed by atoms with Gasteiger partial charge in [0.05, 0.1) is 16.6 Å². The zero-order valence-electron chi connectivity index (χ0n) is 28.3. The molecular weight excluding hydrogens is 689 g/mol. The summed E-state index contributed by atoms with van der Waals surface area (Å²) in [5.74, 6) is 0.532. The minimum absolute atomic E-state index is 0.0705. The molecule has 2 heterocycles. The molecule has 0 bridgehead atoms. The lowest BCUT2D eigenvalue weighted by molar-refractivity contribution is 0.0362. The number of carbonyl (C=O) groups excluding carboxylic acids is 1. The molecule has 12 nitrogen and oxygen atoms in total. The third-order valence-electron chi connectivity index (χ3n) is 8.71. The van der Waals surface area contributed by atoms with Gasteiger partial charge in [0.25, 0.3) is 0 Å². The molecule has 1 fully saturated rings. The van der Waals surface area contributed by atoms with Crippen molar-refractivity contribution in [2.75, 3.05) is 19.6 Å². The summed E-state index contributed by atoms with van der Waals surface area (Å²) < 4.78 is 42.6. The van der Waals surface area contributed by atoms with E-state index < -0.39 is 27.8 Å². The highest BCUT2D eigenvalue weighted by atomic mass is 35.5. The molecule has 1 aromatic heterocycles. The number of ether oxygens (including phenoxy) is 2. The second kappa shape index (κ2) is 16.4. The minimum atomic E-state index is -3.68. The van der Waals surface area contributed by atoms with Crippen molar-refractivity contribution in [3.63, 3.8) is 0 Å². The van der Waals surface area contributed by atoms with Crippen molar-refractivity contribution in [3.05, 3.63) is 69.5 Å². The molecule has 15 heteroatoms. The molecule has 0 unspecified atom stereocenters. The highest BCUT2D eigenvalue weighted by molar-refractivity contribution is 7.89. The van der Waals surface area contributed by atoms with Crippen LogP contribution in [0.4, 0.5) is 4.79 Å². The van der Waals surface area contributed by atoms with E-state index in [9.17, 15) is 13.2 Å². The van der Waals surface area contributed by atoms with E-state index in [-0.39, 0.29) is 17.0 Å². The number of unbranched alkanes of at least 4 members (excludes halogenated alkanes) is 3. The Kier molecular flexibility index (Phi) is 12.5. The maximum Gasteiger partial charge on any atom is 0.407 e. The summed E-state index contributed by atoms with van der Waals surface area (Å²) >= 11 is 13.1. The number of rotatable bonds is 14. The number of aryl methyl sites for hydroxylation is 1. The van der Waals surface area contributed by atoms with E-state index >= 15 is 0 Å². The van der Waals surface area contributed by atoms with Gasteiger partial charge >= 0.3 is 6.09 Å². The standard InChI is InChI=1S/C34H47Cl2N7O5S/c1-34(2,3)48-33(44)39-24-9-8-15-42(21-24)31-19-28-29(17-23(35)18-30(28)36)32(31)47-26-10-12-27(13-11-26)49(45,46)38-14-6-4-5-7-16-43-22-25(20-37)40-41-43/h10-13,17-18,22,24,31-32,38H,4-9,14-16,19-21,37H2,1-3H3,(H,39,44)/t24-,31+,32+/m1/s1. The fourth-order valence-electron chi connectivity index (χ4n) is 6.41. The smallest absolute Gasteiger partial charge is 0.407 e. The molecule has 5 rings (SSSR count). The SMILES string of the molecule is CC(C)(C)OC(=O)N[C@@H]1CCCN([C@H]2Cc3c(Cl)cc(Cl)cc3[C@@H]2Oc2ccc(S(=O)(=O)NCCCCCCn3cc(CN)nn3)cc2)C1. The number of amides is 1. The fourth-order valence-corrected chi connectivity index (χ4v) is 8.07. The summed E-state index contributed by atoms with van der Waals surface area (Å²) in [6.45, 7) is 8.46. The minimum Gasteiger partial charge on any atom is -0.484 e. The zero-order chi connectivity index (χ0) is 35.2. The Morgan fingerprint density at radius 1 is 1.10 bits per heavy atom. The number of benzene rings is 2. The molecule has 3 aromatic rings. The number of hydrogen-bond acceptors (Lipinski definition) is 9. The molecule has 4 N–H and O–H groups in total. The van der Waals surface area contributed by atoms with E-state index in [1.807, 2.05) is 33.0 Å². The van der Waals surface area contributed by atoms with E-state index in [0.29, 0.717) is 41.8 Å². The van der Waals surface area contributed by atoms with Gasteiger partial charge in [-0.25, -0.2) is 17.9 Å². The Hall–Kier alpha value is -2.94. The van der Waals surface area contributed by atoms with Gasteiger partial charge in [-0.1, -0.05) is 41.3 Å². The van der Waals surface area contributed by atoms with Gasteiger partial charge in [0, 0.05) is 54.0 Å². The average Bonchev–Trinajstić information content (AvgIpc) is 3.65. The number of fused-ring (bicyclic) bond motifs is 1. The van der Waals surface area contributed by atoms with Crippen LogP contribution in [0.5, 0.6) is 5.75 Å². The Balaban J connectivity index is 1.18. The summed E-state index contributed by atoms with van der Waals surface area (Å²) in [7, 11) is -3.68. The molecule has 0 saturated carbocycles. The first-order valence-electron chi connectivity index (χ1n) is 16.9. The topological polar surface area (TPSA) is 154 Å². The number of alkyl carbamates (subject to hydrolysis) is 1. The van der Waals surface area contributed by atoms with Crippen LogP contribution >= 0.6 is 23.2 Å². The molecule has 1 aliphatic carbocycles. The number of halogens is 2. The molecule has 2 aliphatic rings. The van der Waals surface area contributed by atoms with Crippen molar-refractivity contribution >= 4 is 39.3 Å². The van der Waals surface area contributed by atoms with Crippen LogP contribution in [0.3, 0.4) is 0 Å². The van der Waals surface area contributed by atoms with E-state index in [1.165, 1.54) is 0 Å². The van der Waals surface area contributed by atoms with Crippen LogP contribution in [0.1, 0.15) is 82.2 Å². The van der Waals surface area contributed by atoms with Crippen molar-refractivity contribution in [3.8, 4) is 5.75 Å². The lowest BCUT2D eigenvalue weighted by atomic mass is 10.0. The van der Waals surface area contributed by atoms with Gasteiger partial charge in [0.15, 0.2) is 0 Å². The molecular formula is C34H47Cl2N7O5S. The van der Waals surface area contributed by atoms with Crippen molar-refractivity contribution in [2.24, 2.45) is 5.73 Å². The maximum absolute atomic E-state index is 13.0. The van der Waals surface area contributed by atoms with Crippen molar-refractivity contribution < 1.29 is 22.7 Å². The molecule has 1 amide bonds. The number of sulfonamides is 1. The maximum atomic E-state index is 13.0. The number of hydrogen-bond donors (Lipinski definition) is 3. The first-order chi connectivity index (χ1) is 23.3. The molecule has 0 spiro atoms. The lowest BCUT2D eigenvalue weighted by Crippen LogP contribution is -2.53. The lowest BCUT2D eigenvalue weighted by Gasteiger charge is -2.39. The summed E-state index contributed by atoms with van der Waals surface area (Å²) in [4.78, 5) is 15.0. The predicted molar refractivity (Wildman–Crippen MR) is 189 cm³/mol. The molecule has 49 heavy (non-hydrogen) atoms. The third-order valence-corrected chi connectivity index (χ3v) is 10.7. The summed E-state index contributed by atoms with van der Waals surface area (Å²) in [6, 6.07) is 9.97. The summed E-state index contributed by atoms with van der Waals surface area (Å²) in [5, 5.41) is 12.2. The molecule has 2 aromatic carbocycles. The van der Waals surface area contributed by atoms with Crippen LogP contribution in [-0.4, -0.2) is 71.7 Å². The quantitative estimate of drug-likeness (QED) is 0.179. The van der Waals surface area contributed by atoms with E-state index in [0.717, 1.165) is 68.4 Å². The second-order valence-electron chi connectivity index (χ2n) is 13.7.